The van der Waals surface area contributed by atoms with Crippen LogP contribution in [0.4, 0.5) is 13.2 Å². The van der Waals surface area contributed by atoms with Gasteiger partial charge in [-0.15, -0.1) is 6.42 Å². The van der Waals surface area contributed by atoms with Crippen LogP contribution in [0.3, 0.4) is 0 Å². The molecule has 0 bridgehead atoms. The lowest BCUT2D eigenvalue weighted by Crippen LogP contribution is -2.31. The first-order valence-electron chi connectivity index (χ1n) is 9.90. The summed E-state index contributed by atoms with van der Waals surface area (Å²) in [4.78, 5) is 0. The molecule has 3 aromatic carbocycles. The Bertz CT molecular complexity index is 1210. The molecule has 0 spiro atoms. The zero-order chi connectivity index (χ0) is 21.8. The summed E-state index contributed by atoms with van der Waals surface area (Å²) in [5, 5.41) is 1.10. The number of ether oxygens (including phenoxy) is 2. The van der Waals surface area contributed by atoms with Gasteiger partial charge in [0, 0.05) is 12.0 Å². The van der Waals surface area contributed by atoms with E-state index in [0.717, 1.165) is 17.7 Å². The second kappa shape index (κ2) is 9.27. The van der Waals surface area contributed by atoms with Crippen LogP contribution in [0.5, 0.6) is 0 Å². The molecule has 0 aromatic heterocycles. The van der Waals surface area contributed by atoms with E-state index in [0.29, 0.717) is 42.4 Å². The highest BCUT2D eigenvalue weighted by Crippen LogP contribution is 2.20. The molecule has 0 radical (unpaired) electrons. The van der Waals surface area contributed by atoms with Gasteiger partial charge >= 0.3 is 0 Å². The molecule has 3 aromatic rings. The van der Waals surface area contributed by atoms with E-state index in [1.807, 2.05) is 6.07 Å². The topological polar surface area (TPSA) is 18.5 Å². The first-order chi connectivity index (χ1) is 15.0. The minimum atomic E-state index is -0.917. The van der Waals surface area contributed by atoms with E-state index in [1.54, 1.807) is 24.3 Å². The SMILES string of the molecule is C#CC1COC(CCc2ccc(C#Cc3ccc4cc(F)c(F)cc4c3)c(F)c2)OC1. The predicted molar refractivity (Wildman–Crippen MR) is 113 cm³/mol. The molecule has 1 aliphatic heterocycles. The smallest absolute Gasteiger partial charge is 0.159 e. The van der Waals surface area contributed by atoms with Crippen LogP contribution in [0.2, 0.25) is 0 Å². The lowest BCUT2D eigenvalue weighted by molar-refractivity contribution is -0.193. The van der Waals surface area contributed by atoms with Gasteiger partial charge in [0.15, 0.2) is 17.9 Å². The van der Waals surface area contributed by atoms with Gasteiger partial charge in [-0.25, -0.2) is 13.2 Å². The zero-order valence-electron chi connectivity index (χ0n) is 16.6. The van der Waals surface area contributed by atoms with Crippen molar-refractivity contribution in [3.8, 4) is 24.2 Å². The fourth-order valence-corrected chi connectivity index (χ4v) is 3.37. The van der Waals surface area contributed by atoms with Crippen LogP contribution in [-0.2, 0) is 15.9 Å². The van der Waals surface area contributed by atoms with E-state index in [9.17, 15) is 13.2 Å². The molecule has 5 heteroatoms. The Balaban J connectivity index is 1.42. The largest absolute Gasteiger partial charge is 0.351 e. The van der Waals surface area contributed by atoms with Crippen LogP contribution in [0.25, 0.3) is 10.8 Å². The predicted octanol–water partition coefficient (Wildman–Crippen LogP) is 5.21. The van der Waals surface area contributed by atoms with E-state index in [1.165, 1.54) is 6.07 Å². The number of hydrogen-bond acceptors (Lipinski definition) is 2. The first kappa shape index (κ1) is 21.0. The molecule has 1 heterocycles. The fraction of sp³-hybridized carbons (Fsp3) is 0.231. The number of halogens is 3. The van der Waals surface area contributed by atoms with Gasteiger partial charge in [0.25, 0.3) is 0 Å². The molecule has 31 heavy (non-hydrogen) atoms. The van der Waals surface area contributed by atoms with Crippen molar-refractivity contribution in [1.29, 1.82) is 0 Å². The summed E-state index contributed by atoms with van der Waals surface area (Å²) >= 11 is 0. The standard InChI is InChI=1S/C26H19F3O2/c1-2-17-15-30-26(31-16-17)10-6-19-4-8-20(23(27)12-19)7-3-18-5-9-21-13-24(28)25(29)14-22(21)11-18/h1,4-5,8-9,11-14,17,26H,6,10,15-16H2. The average Bonchev–Trinajstić information content (AvgIpc) is 2.78. The monoisotopic (exact) mass is 420 g/mol. The van der Waals surface area contributed by atoms with Crippen molar-refractivity contribution in [3.63, 3.8) is 0 Å². The third-order valence-electron chi connectivity index (χ3n) is 5.13. The Kier molecular flexibility index (Phi) is 6.28. The summed E-state index contributed by atoms with van der Waals surface area (Å²) in [6.07, 6.45) is 6.22. The molecule has 0 amide bonds. The summed E-state index contributed by atoms with van der Waals surface area (Å²) in [5.41, 5.74) is 1.66. The zero-order valence-corrected chi connectivity index (χ0v) is 16.6. The first-order valence-corrected chi connectivity index (χ1v) is 9.90. The minimum Gasteiger partial charge on any atom is -0.351 e. The van der Waals surface area contributed by atoms with E-state index >= 15 is 0 Å². The van der Waals surface area contributed by atoms with Gasteiger partial charge in [-0.3, -0.25) is 0 Å². The average molecular weight is 420 g/mol. The van der Waals surface area contributed by atoms with Crippen LogP contribution < -0.4 is 0 Å². The molecule has 4 rings (SSSR count). The number of benzene rings is 3. The Morgan fingerprint density at radius 2 is 1.58 bits per heavy atom. The highest BCUT2D eigenvalue weighted by molar-refractivity contribution is 5.84. The second-order valence-corrected chi connectivity index (χ2v) is 7.39. The van der Waals surface area contributed by atoms with Crippen LogP contribution in [0, 0.1) is 47.6 Å². The quantitative estimate of drug-likeness (QED) is 0.542. The van der Waals surface area contributed by atoms with E-state index in [-0.39, 0.29) is 17.8 Å². The number of aryl methyl sites for hydroxylation is 1. The Morgan fingerprint density at radius 1 is 0.839 bits per heavy atom. The van der Waals surface area contributed by atoms with Gasteiger partial charge in [0.2, 0.25) is 0 Å². The normalized spacial score (nSPS) is 18.3. The number of fused-ring (bicyclic) bond motifs is 1. The summed E-state index contributed by atoms with van der Waals surface area (Å²) in [7, 11) is 0. The van der Waals surface area contributed by atoms with Gasteiger partial charge < -0.3 is 9.47 Å². The molecule has 156 valence electrons. The van der Waals surface area contributed by atoms with Crippen molar-refractivity contribution in [2.75, 3.05) is 13.2 Å². The van der Waals surface area contributed by atoms with Crippen molar-refractivity contribution < 1.29 is 22.6 Å². The fourth-order valence-electron chi connectivity index (χ4n) is 3.37. The van der Waals surface area contributed by atoms with Crippen molar-refractivity contribution >= 4 is 10.8 Å². The van der Waals surface area contributed by atoms with Gasteiger partial charge in [-0.1, -0.05) is 29.9 Å². The summed E-state index contributed by atoms with van der Waals surface area (Å²) in [6, 6.07) is 12.1. The maximum Gasteiger partial charge on any atom is 0.159 e. The van der Waals surface area contributed by atoms with E-state index in [4.69, 9.17) is 15.9 Å². The number of hydrogen-bond donors (Lipinski definition) is 0. The Morgan fingerprint density at radius 3 is 2.29 bits per heavy atom. The molecular formula is C26H19F3O2. The molecule has 1 saturated heterocycles. The van der Waals surface area contributed by atoms with Gasteiger partial charge in [-0.05, 0) is 59.2 Å². The van der Waals surface area contributed by atoms with Crippen LogP contribution >= 0.6 is 0 Å². The van der Waals surface area contributed by atoms with Crippen LogP contribution in [-0.4, -0.2) is 19.5 Å². The summed E-state index contributed by atoms with van der Waals surface area (Å²) in [6.45, 7) is 0.945. The van der Waals surface area contributed by atoms with E-state index in [2.05, 4.69) is 17.8 Å². The van der Waals surface area contributed by atoms with Crippen LogP contribution in [0.1, 0.15) is 23.1 Å². The molecular weight excluding hydrogens is 401 g/mol. The molecule has 0 atom stereocenters. The Labute approximate surface area is 179 Å². The van der Waals surface area contributed by atoms with Crippen molar-refractivity contribution in [2.24, 2.45) is 5.92 Å². The highest BCUT2D eigenvalue weighted by atomic mass is 19.2. The number of terminal acetylenes is 1. The minimum absolute atomic E-state index is 0.0191. The lowest BCUT2D eigenvalue weighted by atomic mass is 10.0. The van der Waals surface area contributed by atoms with E-state index < -0.39 is 17.5 Å². The highest BCUT2D eigenvalue weighted by Gasteiger charge is 2.20. The molecule has 1 aliphatic rings. The lowest BCUT2D eigenvalue weighted by Gasteiger charge is -2.26. The second-order valence-electron chi connectivity index (χ2n) is 7.39. The molecule has 0 saturated carbocycles. The third kappa shape index (κ3) is 5.09. The maximum atomic E-state index is 14.5. The van der Waals surface area contributed by atoms with Crippen molar-refractivity contribution in [1.82, 2.24) is 0 Å². The molecule has 0 aliphatic carbocycles. The van der Waals surface area contributed by atoms with Gasteiger partial charge in [0.05, 0.1) is 24.7 Å². The number of rotatable bonds is 3. The molecule has 0 unspecified atom stereocenters. The summed E-state index contributed by atoms with van der Waals surface area (Å²) < 4.78 is 52.4. The molecule has 2 nitrogen and oxygen atoms in total. The molecule has 1 fully saturated rings. The van der Waals surface area contributed by atoms with Gasteiger partial charge in [0.1, 0.15) is 5.82 Å². The van der Waals surface area contributed by atoms with Crippen LogP contribution in [0.15, 0.2) is 48.5 Å². The van der Waals surface area contributed by atoms with Crippen molar-refractivity contribution in [3.05, 3.63) is 82.7 Å². The maximum absolute atomic E-state index is 14.5. The van der Waals surface area contributed by atoms with Gasteiger partial charge in [-0.2, -0.15) is 0 Å². The Hall–Kier alpha value is -3.25. The molecule has 0 N–H and O–H groups in total. The van der Waals surface area contributed by atoms with Crippen molar-refractivity contribution in [2.45, 2.75) is 19.1 Å². The summed E-state index contributed by atoms with van der Waals surface area (Å²) in [5.74, 6) is 6.03. The third-order valence-corrected chi connectivity index (χ3v) is 5.13.